The van der Waals surface area contributed by atoms with Crippen molar-refractivity contribution in [3.8, 4) is 0 Å². The third-order valence-corrected chi connectivity index (χ3v) is 3.25. The number of hydrogen-bond acceptors (Lipinski definition) is 6. The standard InChI is InChI=1S/C14H17FN6/c1-18-7-10(9-4-3-5-19-12(9)6-16)14-20-13(17)11(15)8-21(14)2/h3-8,10,14,16H,1-2H3,(H2,17,20). The second-order valence-electron chi connectivity index (χ2n) is 4.63. The number of likely N-dealkylation sites (N-methyl/N-ethyl adjacent to an activating group) is 1. The van der Waals surface area contributed by atoms with Gasteiger partial charge in [-0.25, -0.2) is 9.38 Å². The number of nitrogens with two attached hydrogens (primary N) is 1. The maximum atomic E-state index is 13.5. The summed E-state index contributed by atoms with van der Waals surface area (Å²) in [6.45, 7) is 0. The van der Waals surface area contributed by atoms with Gasteiger partial charge in [0.05, 0.1) is 11.6 Å². The summed E-state index contributed by atoms with van der Waals surface area (Å²) in [6, 6.07) is 3.64. The lowest BCUT2D eigenvalue weighted by molar-refractivity contribution is 0.311. The Morgan fingerprint density at radius 1 is 1.57 bits per heavy atom. The van der Waals surface area contributed by atoms with Crippen LogP contribution in [0.1, 0.15) is 17.2 Å². The topological polar surface area (TPSA) is 90.7 Å². The first-order valence-electron chi connectivity index (χ1n) is 6.39. The molecule has 0 saturated heterocycles. The molecule has 3 N–H and O–H groups in total. The Balaban J connectivity index is 2.47. The molecule has 0 aliphatic carbocycles. The fraction of sp³-hybridized carbons (Fsp3) is 0.286. The van der Waals surface area contributed by atoms with Gasteiger partial charge in [0.1, 0.15) is 6.17 Å². The minimum atomic E-state index is -0.556. The van der Waals surface area contributed by atoms with E-state index < -0.39 is 12.0 Å². The minimum Gasteiger partial charge on any atom is -0.381 e. The van der Waals surface area contributed by atoms with Gasteiger partial charge in [-0.15, -0.1) is 0 Å². The summed E-state index contributed by atoms with van der Waals surface area (Å²) in [7, 11) is 3.37. The van der Waals surface area contributed by atoms with E-state index in [1.165, 1.54) is 12.4 Å². The Morgan fingerprint density at radius 2 is 2.33 bits per heavy atom. The molecule has 110 valence electrons. The van der Waals surface area contributed by atoms with Gasteiger partial charge in [-0.2, -0.15) is 0 Å². The largest absolute Gasteiger partial charge is 0.381 e. The van der Waals surface area contributed by atoms with E-state index in [1.54, 1.807) is 37.5 Å². The first kappa shape index (κ1) is 14.8. The zero-order valence-corrected chi connectivity index (χ0v) is 11.9. The SMILES string of the molecule is CN=CC(c1cccnc1C=N)C1N=C(N)C(F)=CN1C. The Kier molecular flexibility index (Phi) is 4.42. The third kappa shape index (κ3) is 2.96. The Morgan fingerprint density at radius 3 is 3.00 bits per heavy atom. The van der Waals surface area contributed by atoms with Gasteiger partial charge < -0.3 is 21.0 Å². The number of nitrogens with zero attached hydrogens (tertiary/aromatic N) is 4. The van der Waals surface area contributed by atoms with Crippen LogP contribution >= 0.6 is 0 Å². The molecule has 0 aromatic carbocycles. The molecule has 1 aliphatic rings. The molecule has 21 heavy (non-hydrogen) atoms. The van der Waals surface area contributed by atoms with Crippen molar-refractivity contribution >= 4 is 18.3 Å². The van der Waals surface area contributed by atoms with Crippen molar-refractivity contribution in [2.45, 2.75) is 12.1 Å². The lowest BCUT2D eigenvalue weighted by atomic mass is 9.94. The highest BCUT2D eigenvalue weighted by atomic mass is 19.1. The monoisotopic (exact) mass is 288 g/mol. The summed E-state index contributed by atoms with van der Waals surface area (Å²) in [4.78, 5) is 14.1. The predicted molar refractivity (Wildman–Crippen MR) is 81.6 cm³/mol. The molecule has 1 aromatic heterocycles. The molecule has 0 amide bonds. The van der Waals surface area contributed by atoms with Crippen molar-refractivity contribution in [3.05, 3.63) is 41.6 Å². The quantitative estimate of drug-likeness (QED) is 0.818. The number of halogens is 1. The molecule has 0 saturated carbocycles. The second-order valence-corrected chi connectivity index (χ2v) is 4.63. The summed E-state index contributed by atoms with van der Waals surface area (Å²) < 4.78 is 13.5. The van der Waals surface area contributed by atoms with Gasteiger partial charge in [0.25, 0.3) is 0 Å². The van der Waals surface area contributed by atoms with Crippen molar-refractivity contribution in [3.63, 3.8) is 0 Å². The lowest BCUT2D eigenvalue weighted by Crippen LogP contribution is -2.38. The van der Waals surface area contributed by atoms with Crippen LogP contribution in [0, 0.1) is 5.41 Å². The summed E-state index contributed by atoms with van der Waals surface area (Å²) >= 11 is 0. The number of aliphatic imine (C=N–C) groups is 2. The van der Waals surface area contributed by atoms with Gasteiger partial charge in [-0.1, -0.05) is 6.07 Å². The molecule has 1 aliphatic heterocycles. The molecule has 0 radical (unpaired) electrons. The molecule has 2 heterocycles. The van der Waals surface area contributed by atoms with Crippen LogP contribution in [0.15, 0.2) is 40.3 Å². The zero-order chi connectivity index (χ0) is 15.4. The van der Waals surface area contributed by atoms with E-state index in [0.717, 1.165) is 5.56 Å². The molecular formula is C14H17FN6. The normalized spacial score (nSPS) is 20.1. The molecule has 0 bridgehead atoms. The van der Waals surface area contributed by atoms with Gasteiger partial charge in [-0.3, -0.25) is 4.98 Å². The molecule has 2 unspecified atom stereocenters. The highest BCUT2D eigenvalue weighted by molar-refractivity contribution is 5.95. The van der Waals surface area contributed by atoms with Crippen LogP contribution in [-0.4, -0.2) is 48.4 Å². The van der Waals surface area contributed by atoms with Crippen LogP contribution in [0.25, 0.3) is 0 Å². The van der Waals surface area contributed by atoms with E-state index in [1.807, 2.05) is 6.07 Å². The summed E-state index contributed by atoms with van der Waals surface area (Å²) in [5.74, 6) is -0.972. The first-order chi connectivity index (χ1) is 10.1. The smallest absolute Gasteiger partial charge is 0.180 e. The van der Waals surface area contributed by atoms with E-state index in [0.29, 0.717) is 5.69 Å². The van der Waals surface area contributed by atoms with Crippen molar-refractivity contribution in [1.82, 2.24) is 9.88 Å². The van der Waals surface area contributed by atoms with E-state index in [2.05, 4.69) is 15.0 Å². The number of nitrogens with one attached hydrogen (secondary N) is 1. The van der Waals surface area contributed by atoms with Gasteiger partial charge in [-0.05, 0) is 11.6 Å². The van der Waals surface area contributed by atoms with Crippen LogP contribution in [0.2, 0.25) is 0 Å². The van der Waals surface area contributed by atoms with Crippen LogP contribution in [0.5, 0.6) is 0 Å². The number of rotatable bonds is 4. The number of hydrogen-bond donors (Lipinski definition) is 2. The summed E-state index contributed by atoms with van der Waals surface area (Å²) in [6.07, 6.45) is 5.38. The fourth-order valence-electron chi connectivity index (χ4n) is 2.26. The maximum absolute atomic E-state index is 13.5. The van der Waals surface area contributed by atoms with Crippen molar-refractivity contribution < 1.29 is 4.39 Å². The average Bonchev–Trinajstić information content (AvgIpc) is 2.49. The van der Waals surface area contributed by atoms with Crippen molar-refractivity contribution in [2.75, 3.05) is 14.1 Å². The highest BCUT2D eigenvalue weighted by Crippen LogP contribution is 2.27. The van der Waals surface area contributed by atoms with Crippen LogP contribution in [0.4, 0.5) is 4.39 Å². The maximum Gasteiger partial charge on any atom is 0.180 e. The molecule has 7 heteroatoms. The molecule has 0 spiro atoms. The Labute approximate surface area is 122 Å². The number of amidine groups is 1. The molecule has 2 rings (SSSR count). The Hall–Kier alpha value is -2.57. The van der Waals surface area contributed by atoms with Crippen LogP contribution in [0.3, 0.4) is 0 Å². The van der Waals surface area contributed by atoms with E-state index in [4.69, 9.17) is 11.1 Å². The van der Waals surface area contributed by atoms with Crippen molar-refractivity contribution in [2.24, 2.45) is 15.7 Å². The van der Waals surface area contributed by atoms with Gasteiger partial charge in [0, 0.05) is 38.9 Å². The summed E-state index contributed by atoms with van der Waals surface area (Å²) in [5, 5.41) is 7.47. The Bertz CT molecular complexity index is 622. The fourth-order valence-corrected chi connectivity index (χ4v) is 2.26. The lowest BCUT2D eigenvalue weighted by Gasteiger charge is -2.32. The van der Waals surface area contributed by atoms with E-state index >= 15 is 0 Å². The number of pyridine rings is 1. The second kappa shape index (κ2) is 6.25. The molecule has 6 nitrogen and oxygen atoms in total. The van der Waals surface area contributed by atoms with Crippen LogP contribution < -0.4 is 5.73 Å². The molecule has 1 aromatic rings. The average molecular weight is 288 g/mol. The third-order valence-electron chi connectivity index (χ3n) is 3.25. The summed E-state index contributed by atoms with van der Waals surface area (Å²) in [5.41, 5.74) is 6.91. The first-order valence-corrected chi connectivity index (χ1v) is 6.39. The van der Waals surface area contributed by atoms with Gasteiger partial charge >= 0.3 is 0 Å². The minimum absolute atomic E-state index is 0.132. The molecule has 0 fully saturated rings. The predicted octanol–water partition coefficient (Wildman–Crippen LogP) is 1.30. The highest BCUT2D eigenvalue weighted by Gasteiger charge is 2.29. The molecular weight excluding hydrogens is 271 g/mol. The van der Waals surface area contributed by atoms with Crippen LogP contribution in [-0.2, 0) is 0 Å². The van der Waals surface area contributed by atoms with Gasteiger partial charge in [0.2, 0.25) is 0 Å². The van der Waals surface area contributed by atoms with E-state index in [-0.39, 0.29) is 11.8 Å². The zero-order valence-electron chi connectivity index (χ0n) is 11.9. The van der Waals surface area contributed by atoms with Crippen molar-refractivity contribution in [1.29, 1.82) is 5.41 Å². The van der Waals surface area contributed by atoms with Gasteiger partial charge in [0.15, 0.2) is 11.7 Å². The van der Waals surface area contributed by atoms with E-state index in [9.17, 15) is 4.39 Å². The number of aromatic nitrogens is 1. The molecule has 2 atom stereocenters.